The highest BCUT2D eigenvalue weighted by molar-refractivity contribution is 6.02. The molecular weight excluding hydrogens is 364 g/mol. The number of nitrogens with zero attached hydrogens (tertiary/aromatic N) is 2. The van der Waals surface area contributed by atoms with Crippen LogP contribution in [0, 0.1) is 0 Å². The van der Waals surface area contributed by atoms with Crippen molar-refractivity contribution in [3.63, 3.8) is 0 Å². The first kappa shape index (κ1) is 17.2. The van der Waals surface area contributed by atoms with Gasteiger partial charge in [0.05, 0.1) is 11.2 Å². The summed E-state index contributed by atoms with van der Waals surface area (Å²) < 4.78 is 2.28. The Balaban J connectivity index is 1.50. The van der Waals surface area contributed by atoms with Crippen molar-refractivity contribution >= 4 is 10.9 Å². The number of fused-ring (bicyclic) bond motifs is 5. The lowest BCUT2D eigenvalue weighted by atomic mass is 9.82. The van der Waals surface area contributed by atoms with Crippen LogP contribution in [0.4, 0.5) is 0 Å². The second-order valence-electron chi connectivity index (χ2n) is 8.54. The van der Waals surface area contributed by atoms with E-state index in [9.17, 15) is 0 Å². The molecule has 0 atom stereocenters. The lowest BCUT2D eigenvalue weighted by molar-refractivity contribution is 0.661. The van der Waals surface area contributed by atoms with Crippen LogP contribution in [0.2, 0.25) is 0 Å². The Morgan fingerprint density at radius 1 is 0.733 bits per heavy atom. The Labute approximate surface area is 176 Å². The Hall–Kier alpha value is -3.65. The fourth-order valence-electron chi connectivity index (χ4n) is 4.97. The molecule has 0 bridgehead atoms. The summed E-state index contributed by atoms with van der Waals surface area (Å²) in [6.07, 6.45) is 4.03. The molecule has 2 heteroatoms. The molecule has 0 saturated heterocycles. The monoisotopic (exact) mass is 386 g/mol. The Kier molecular flexibility index (Phi) is 3.54. The predicted octanol–water partition coefficient (Wildman–Crippen LogP) is 7.00. The summed E-state index contributed by atoms with van der Waals surface area (Å²) >= 11 is 0. The van der Waals surface area contributed by atoms with Crippen LogP contribution in [0.25, 0.3) is 39.0 Å². The number of aromatic nitrogens is 2. The lowest BCUT2D eigenvalue weighted by Gasteiger charge is -2.21. The summed E-state index contributed by atoms with van der Waals surface area (Å²) in [6, 6.07) is 30.3. The van der Waals surface area contributed by atoms with Crippen LogP contribution >= 0.6 is 0 Å². The molecule has 2 nitrogen and oxygen atoms in total. The number of benzene rings is 3. The van der Waals surface area contributed by atoms with E-state index in [2.05, 4.69) is 96.3 Å². The van der Waals surface area contributed by atoms with Gasteiger partial charge in [0, 0.05) is 34.4 Å². The van der Waals surface area contributed by atoms with Crippen LogP contribution in [-0.4, -0.2) is 9.55 Å². The van der Waals surface area contributed by atoms with Gasteiger partial charge in [-0.2, -0.15) is 0 Å². The molecular formula is C28H22N2. The van der Waals surface area contributed by atoms with Crippen LogP contribution in [0.1, 0.15) is 25.0 Å². The van der Waals surface area contributed by atoms with Gasteiger partial charge >= 0.3 is 0 Å². The van der Waals surface area contributed by atoms with Crippen molar-refractivity contribution in [1.82, 2.24) is 9.55 Å². The lowest BCUT2D eigenvalue weighted by Crippen LogP contribution is -2.14. The van der Waals surface area contributed by atoms with Gasteiger partial charge in [0.25, 0.3) is 0 Å². The highest BCUT2D eigenvalue weighted by Crippen LogP contribution is 2.51. The van der Waals surface area contributed by atoms with Crippen molar-refractivity contribution < 1.29 is 0 Å². The van der Waals surface area contributed by atoms with E-state index in [1.807, 2.05) is 24.4 Å². The van der Waals surface area contributed by atoms with Crippen LogP contribution in [-0.2, 0) is 5.41 Å². The topological polar surface area (TPSA) is 17.8 Å². The summed E-state index contributed by atoms with van der Waals surface area (Å²) in [5.74, 6) is 0. The molecule has 5 aromatic rings. The van der Waals surface area contributed by atoms with Crippen molar-refractivity contribution in [2.75, 3.05) is 0 Å². The van der Waals surface area contributed by atoms with E-state index in [1.165, 1.54) is 33.2 Å². The van der Waals surface area contributed by atoms with Gasteiger partial charge in [0.15, 0.2) is 0 Å². The van der Waals surface area contributed by atoms with Gasteiger partial charge in [-0.1, -0.05) is 62.4 Å². The fraction of sp³-hybridized carbons (Fsp3) is 0.107. The van der Waals surface area contributed by atoms with Crippen LogP contribution in [0.5, 0.6) is 0 Å². The van der Waals surface area contributed by atoms with Crippen molar-refractivity contribution in [3.05, 3.63) is 108 Å². The minimum Gasteiger partial charge on any atom is -0.317 e. The minimum atomic E-state index is 0.0343. The maximum atomic E-state index is 4.46. The van der Waals surface area contributed by atoms with E-state index < -0.39 is 0 Å². The fourth-order valence-corrected chi connectivity index (χ4v) is 4.97. The Morgan fingerprint density at radius 2 is 1.53 bits per heavy atom. The quantitative estimate of drug-likeness (QED) is 0.319. The third-order valence-corrected chi connectivity index (χ3v) is 6.52. The summed E-state index contributed by atoms with van der Waals surface area (Å²) in [5, 5.41) is 1.32. The van der Waals surface area contributed by atoms with Crippen molar-refractivity contribution in [3.8, 4) is 28.1 Å². The first-order valence-corrected chi connectivity index (χ1v) is 10.4. The molecule has 1 aliphatic carbocycles. The largest absolute Gasteiger partial charge is 0.317 e. The van der Waals surface area contributed by atoms with E-state index >= 15 is 0 Å². The highest BCUT2D eigenvalue weighted by Gasteiger charge is 2.36. The van der Waals surface area contributed by atoms with Crippen LogP contribution in [0.3, 0.4) is 0 Å². The van der Waals surface area contributed by atoms with Gasteiger partial charge in [-0.05, 0) is 58.7 Å². The molecule has 1 aliphatic rings. The molecule has 0 radical (unpaired) electrons. The molecule has 2 heterocycles. The number of pyridine rings is 1. The number of hydrogen-bond donors (Lipinski definition) is 0. The van der Waals surface area contributed by atoms with E-state index in [1.54, 1.807) is 0 Å². The van der Waals surface area contributed by atoms with E-state index in [-0.39, 0.29) is 5.41 Å². The Morgan fingerprint density at radius 3 is 2.33 bits per heavy atom. The zero-order valence-electron chi connectivity index (χ0n) is 17.1. The van der Waals surface area contributed by atoms with E-state index in [4.69, 9.17) is 0 Å². The third kappa shape index (κ3) is 2.34. The number of rotatable bonds is 2. The van der Waals surface area contributed by atoms with Gasteiger partial charge in [0.2, 0.25) is 0 Å². The van der Waals surface area contributed by atoms with E-state index in [0.717, 1.165) is 16.9 Å². The summed E-state index contributed by atoms with van der Waals surface area (Å²) in [4.78, 5) is 4.46. The average molecular weight is 386 g/mol. The maximum absolute atomic E-state index is 4.46. The van der Waals surface area contributed by atoms with Gasteiger partial charge < -0.3 is 4.57 Å². The molecule has 0 N–H and O–H groups in total. The van der Waals surface area contributed by atoms with Gasteiger partial charge in [0.1, 0.15) is 0 Å². The second-order valence-corrected chi connectivity index (χ2v) is 8.54. The molecule has 0 aliphatic heterocycles. The SMILES string of the molecule is CC1(C)c2ccccc2-c2c1ccc1c2ccn1-c1ccc(-c2ccccn2)cc1. The molecule has 0 unspecified atom stereocenters. The Bertz CT molecular complexity index is 1390. The molecule has 2 aromatic heterocycles. The molecule has 3 aromatic carbocycles. The first-order chi connectivity index (χ1) is 14.6. The van der Waals surface area contributed by atoms with Gasteiger partial charge in [-0.15, -0.1) is 0 Å². The zero-order chi connectivity index (χ0) is 20.3. The van der Waals surface area contributed by atoms with E-state index in [0.29, 0.717) is 0 Å². The third-order valence-electron chi connectivity index (χ3n) is 6.52. The van der Waals surface area contributed by atoms with Crippen LogP contribution in [0.15, 0.2) is 97.3 Å². The average Bonchev–Trinajstić information content (AvgIpc) is 3.32. The molecule has 0 spiro atoms. The highest BCUT2D eigenvalue weighted by atomic mass is 15.0. The zero-order valence-corrected chi connectivity index (χ0v) is 17.1. The predicted molar refractivity (Wildman–Crippen MR) is 124 cm³/mol. The molecule has 30 heavy (non-hydrogen) atoms. The van der Waals surface area contributed by atoms with Crippen molar-refractivity contribution in [2.24, 2.45) is 0 Å². The smallest absolute Gasteiger partial charge is 0.0701 e. The normalized spacial score (nSPS) is 13.9. The summed E-state index contributed by atoms with van der Waals surface area (Å²) in [5.41, 5.74) is 10.2. The van der Waals surface area contributed by atoms with Gasteiger partial charge in [-0.3, -0.25) is 4.98 Å². The standard InChI is InChI=1S/C28H22N2/c1-28(2)23-8-4-3-7-21(23)27-22-16-18-30(26(22)15-14-24(27)28)20-12-10-19(11-13-20)25-9-5-6-17-29-25/h3-18H,1-2H3. The summed E-state index contributed by atoms with van der Waals surface area (Å²) in [7, 11) is 0. The van der Waals surface area contributed by atoms with Crippen LogP contribution < -0.4 is 0 Å². The second kappa shape index (κ2) is 6.17. The van der Waals surface area contributed by atoms with Crippen molar-refractivity contribution in [1.29, 1.82) is 0 Å². The molecule has 0 fully saturated rings. The maximum Gasteiger partial charge on any atom is 0.0701 e. The molecule has 0 saturated carbocycles. The molecule has 6 rings (SSSR count). The minimum absolute atomic E-state index is 0.0343. The summed E-state index contributed by atoms with van der Waals surface area (Å²) in [6.45, 7) is 4.66. The first-order valence-electron chi connectivity index (χ1n) is 10.4. The number of hydrogen-bond acceptors (Lipinski definition) is 1. The van der Waals surface area contributed by atoms with Gasteiger partial charge in [-0.25, -0.2) is 0 Å². The molecule has 0 amide bonds. The molecule has 144 valence electrons. The van der Waals surface area contributed by atoms with Crippen molar-refractivity contribution in [2.45, 2.75) is 19.3 Å².